The van der Waals surface area contributed by atoms with Crippen LogP contribution in [0.3, 0.4) is 0 Å². The molecule has 1 atom stereocenters. The van der Waals surface area contributed by atoms with Gasteiger partial charge in [-0.05, 0) is 19.3 Å². The van der Waals surface area contributed by atoms with Crippen LogP contribution in [-0.2, 0) is 9.47 Å². The molecule has 3 nitrogen and oxygen atoms in total. The summed E-state index contributed by atoms with van der Waals surface area (Å²) in [4.78, 5) is 0. The van der Waals surface area contributed by atoms with E-state index in [1.807, 2.05) is 0 Å². The highest BCUT2D eigenvalue weighted by Crippen LogP contribution is 2.44. The number of aliphatic hydroxyl groups excluding tert-OH is 1. The molecule has 0 bridgehead atoms. The molecule has 2 rings (SSSR count). The summed E-state index contributed by atoms with van der Waals surface area (Å²) in [5, 5.41) is 9.39. The lowest BCUT2D eigenvalue weighted by Crippen LogP contribution is -2.38. The van der Waals surface area contributed by atoms with E-state index in [0.717, 1.165) is 25.7 Å². The van der Waals surface area contributed by atoms with E-state index in [1.54, 1.807) is 0 Å². The molecule has 1 saturated heterocycles. The Balaban J connectivity index is 2.03. The lowest BCUT2D eigenvalue weighted by molar-refractivity contribution is -0.190. The van der Waals surface area contributed by atoms with E-state index in [-0.39, 0.29) is 12.4 Å². The van der Waals surface area contributed by atoms with Crippen LogP contribution in [-0.4, -0.2) is 29.7 Å². The van der Waals surface area contributed by atoms with Crippen molar-refractivity contribution >= 4 is 0 Å². The van der Waals surface area contributed by atoms with Crippen molar-refractivity contribution in [1.82, 2.24) is 0 Å². The maximum absolute atomic E-state index is 9.39. The van der Waals surface area contributed by atoms with Crippen LogP contribution in [0.5, 0.6) is 0 Å². The third-order valence-electron chi connectivity index (χ3n) is 3.36. The number of hydrogen-bond donors (Lipinski definition) is 1. The first-order chi connectivity index (χ1) is 6.74. The summed E-state index contributed by atoms with van der Waals surface area (Å²) in [6, 6.07) is 0. The van der Waals surface area contributed by atoms with Gasteiger partial charge in [0.1, 0.15) is 5.60 Å². The fraction of sp³-hybridized carbons (Fsp3) is 1.00. The molecule has 0 unspecified atom stereocenters. The van der Waals surface area contributed by atoms with Gasteiger partial charge in [0.25, 0.3) is 0 Å². The summed E-state index contributed by atoms with van der Waals surface area (Å²) in [6.07, 6.45) is 6.30. The molecule has 82 valence electrons. The molecule has 1 spiro atoms. The smallest absolute Gasteiger partial charge is 0.169 e. The Hall–Kier alpha value is -0.120. The van der Waals surface area contributed by atoms with Gasteiger partial charge in [-0.2, -0.15) is 0 Å². The van der Waals surface area contributed by atoms with E-state index in [0.29, 0.717) is 6.61 Å². The highest BCUT2D eigenvalue weighted by Gasteiger charge is 2.50. The van der Waals surface area contributed by atoms with Gasteiger partial charge in [-0.25, -0.2) is 0 Å². The zero-order valence-corrected chi connectivity index (χ0v) is 8.92. The molecule has 0 aromatic rings. The van der Waals surface area contributed by atoms with Crippen LogP contribution in [0, 0.1) is 0 Å². The van der Waals surface area contributed by atoms with Crippen molar-refractivity contribution in [2.45, 2.75) is 56.8 Å². The molecule has 2 aliphatic rings. The zero-order chi connectivity index (χ0) is 10.1. The van der Waals surface area contributed by atoms with Crippen LogP contribution in [0.15, 0.2) is 0 Å². The van der Waals surface area contributed by atoms with E-state index in [2.05, 4.69) is 6.92 Å². The van der Waals surface area contributed by atoms with Crippen molar-refractivity contribution in [2.24, 2.45) is 0 Å². The minimum Gasteiger partial charge on any atom is -0.393 e. The number of aliphatic hydroxyl groups is 1. The average molecular weight is 200 g/mol. The van der Waals surface area contributed by atoms with Crippen LogP contribution >= 0.6 is 0 Å². The predicted octanol–water partition coefficient (Wildman–Crippen LogP) is 1.83. The number of ether oxygens (including phenoxy) is 2. The highest BCUT2D eigenvalue weighted by atomic mass is 16.8. The molecule has 1 heterocycles. The first-order valence-corrected chi connectivity index (χ1v) is 5.69. The van der Waals surface area contributed by atoms with Gasteiger partial charge in [-0.3, -0.25) is 0 Å². The van der Waals surface area contributed by atoms with Gasteiger partial charge < -0.3 is 14.6 Å². The topological polar surface area (TPSA) is 38.7 Å². The second-order valence-electron chi connectivity index (χ2n) is 4.60. The Kier molecular flexibility index (Phi) is 2.82. The second-order valence-corrected chi connectivity index (χ2v) is 4.60. The molecule has 1 N–H and O–H groups in total. The molecule has 0 radical (unpaired) electrons. The Labute approximate surface area is 85.4 Å². The molecule has 0 aromatic carbocycles. The van der Waals surface area contributed by atoms with Crippen molar-refractivity contribution in [1.29, 1.82) is 0 Å². The zero-order valence-electron chi connectivity index (χ0n) is 8.92. The monoisotopic (exact) mass is 200 g/mol. The van der Waals surface area contributed by atoms with Gasteiger partial charge in [0.05, 0.1) is 13.2 Å². The Bertz CT molecular complexity index is 199. The SMILES string of the molecule is CCC[C@]1(CO)COC2(CCCC2)O1. The third-order valence-corrected chi connectivity index (χ3v) is 3.36. The normalized spacial score (nSPS) is 35.6. The molecule has 2 fully saturated rings. The van der Waals surface area contributed by atoms with Crippen molar-refractivity contribution in [3.05, 3.63) is 0 Å². The highest BCUT2D eigenvalue weighted by molar-refractivity contribution is 4.92. The Morgan fingerprint density at radius 3 is 2.57 bits per heavy atom. The number of hydrogen-bond acceptors (Lipinski definition) is 3. The van der Waals surface area contributed by atoms with Crippen LogP contribution in [0.2, 0.25) is 0 Å². The second kappa shape index (κ2) is 3.80. The van der Waals surface area contributed by atoms with E-state index in [9.17, 15) is 5.11 Å². The molecule has 0 amide bonds. The maximum Gasteiger partial charge on any atom is 0.169 e. The van der Waals surface area contributed by atoms with Gasteiger partial charge in [-0.1, -0.05) is 13.3 Å². The quantitative estimate of drug-likeness (QED) is 0.755. The Morgan fingerprint density at radius 2 is 2.00 bits per heavy atom. The molecule has 1 saturated carbocycles. The first-order valence-electron chi connectivity index (χ1n) is 5.69. The van der Waals surface area contributed by atoms with Crippen LogP contribution in [0.25, 0.3) is 0 Å². The van der Waals surface area contributed by atoms with Gasteiger partial charge in [0.2, 0.25) is 0 Å². The van der Waals surface area contributed by atoms with E-state index < -0.39 is 5.60 Å². The predicted molar refractivity (Wildman–Crippen MR) is 53.0 cm³/mol. The van der Waals surface area contributed by atoms with Crippen LogP contribution in [0.1, 0.15) is 45.4 Å². The van der Waals surface area contributed by atoms with Crippen LogP contribution in [0.4, 0.5) is 0 Å². The van der Waals surface area contributed by atoms with Crippen LogP contribution < -0.4 is 0 Å². The molecule has 3 heteroatoms. The summed E-state index contributed by atoms with van der Waals surface area (Å²) < 4.78 is 11.8. The molecular formula is C11H20O3. The lowest BCUT2D eigenvalue weighted by atomic mass is 10.0. The maximum atomic E-state index is 9.39. The van der Waals surface area contributed by atoms with Gasteiger partial charge in [0.15, 0.2) is 5.79 Å². The minimum absolute atomic E-state index is 0.0859. The summed E-state index contributed by atoms with van der Waals surface area (Å²) in [5.41, 5.74) is -0.404. The minimum atomic E-state index is -0.404. The summed E-state index contributed by atoms with van der Waals surface area (Å²) in [7, 11) is 0. The van der Waals surface area contributed by atoms with E-state index in [1.165, 1.54) is 12.8 Å². The Morgan fingerprint density at radius 1 is 1.29 bits per heavy atom. The standard InChI is InChI=1S/C11H20O3/c1-2-5-10(8-12)9-13-11(14-10)6-3-4-7-11/h12H,2-9H2,1H3/t10-/m0/s1. The van der Waals surface area contributed by atoms with Gasteiger partial charge in [-0.15, -0.1) is 0 Å². The summed E-state index contributed by atoms with van der Waals surface area (Å²) in [5.74, 6) is -0.335. The number of rotatable bonds is 3. The lowest BCUT2D eigenvalue weighted by Gasteiger charge is -2.28. The third kappa shape index (κ3) is 1.69. The van der Waals surface area contributed by atoms with Crippen molar-refractivity contribution < 1.29 is 14.6 Å². The van der Waals surface area contributed by atoms with Gasteiger partial charge >= 0.3 is 0 Å². The molecule has 14 heavy (non-hydrogen) atoms. The first kappa shape index (κ1) is 10.4. The van der Waals surface area contributed by atoms with E-state index in [4.69, 9.17) is 9.47 Å². The molecular weight excluding hydrogens is 180 g/mol. The van der Waals surface area contributed by atoms with Crippen molar-refractivity contribution in [3.63, 3.8) is 0 Å². The van der Waals surface area contributed by atoms with Crippen molar-refractivity contribution in [3.8, 4) is 0 Å². The molecule has 1 aliphatic heterocycles. The molecule has 0 aromatic heterocycles. The summed E-state index contributed by atoms with van der Waals surface area (Å²) >= 11 is 0. The van der Waals surface area contributed by atoms with Crippen molar-refractivity contribution in [2.75, 3.05) is 13.2 Å². The van der Waals surface area contributed by atoms with E-state index >= 15 is 0 Å². The van der Waals surface area contributed by atoms with Gasteiger partial charge in [0, 0.05) is 12.8 Å². The fourth-order valence-electron chi connectivity index (χ4n) is 2.61. The average Bonchev–Trinajstić information content (AvgIpc) is 2.78. The largest absolute Gasteiger partial charge is 0.393 e. The molecule has 1 aliphatic carbocycles. The fourth-order valence-corrected chi connectivity index (χ4v) is 2.61. The summed E-state index contributed by atoms with van der Waals surface area (Å²) in [6.45, 7) is 2.76.